The Balaban J connectivity index is 1.77. The first-order valence-electron chi connectivity index (χ1n) is 7.29. The topological polar surface area (TPSA) is 63.9 Å². The Bertz CT molecular complexity index is 769. The van der Waals surface area contributed by atoms with Gasteiger partial charge in [0.15, 0.2) is 0 Å². The van der Waals surface area contributed by atoms with Crippen LogP contribution >= 0.6 is 0 Å². The number of carbonyl (C=O) groups excluding carboxylic acids is 1. The van der Waals surface area contributed by atoms with E-state index in [1.54, 1.807) is 47.5 Å². The van der Waals surface area contributed by atoms with Gasteiger partial charge in [0.1, 0.15) is 12.7 Å². The van der Waals surface area contributed by atoms with Crippen molar-refractivity contribution in [2.75, 3.05) is 7.05 Å². The van der Waals surface area contributed by atoms with Crippen molar-refractivity contribution in [3.8, 4) is 5.69 Å². The van der Waals surface area contributed by atoms with E-state index in [-0.39, 0.29) is 11.9 Å². The van der Waals surface area contributed by atoms with Crippen LogP contribution in [0, 0.1) is 0 Å². The first kappa shape index (κ1) is 14.9. The van der Waals surface area contributed by atoms with E-state index in [4.69, 9.17) is 0 Å². The molecule has 0 bridgehead atoms. The van der Waals surface area contributed by atoms with Crippen LogP contribution in [0.5, 0.6) is 0 Å². The molecule has 0 aliphatic carbocycles. The molecule has 0 aliphatic rings. The largest absolute Gasteiger partial charge is 0.335 e. The third-order valence-corrected chi connectivity index (χ3v) is 3.89. The van der Waals surface area contributed by atoms with Gasteiger partial charge >= 0.3 is 0 Å². The minimum Gasteiger partial charge on any atom is -0.335 e. The SMILES string of the molecule is C[C@H](c1ccc(-n2cncn2)cc1)N(C)C(=O)c1ccncc1. The summed E-state index contributed by atoms with van der Waals surface area (Å²) < 4.78 is 1.69. The number of hydrogen-bond donors (Lipinski definition) is 0. The second kappa shape index (κ2) is 6.39. The van der Waals surface area contributed by atoms with E-state index < -0.39 is 0 Å². The third kappa shape index (κ3) is 3.11. The van der Waals surface area contributed by atoms with Gasteiger partial charge in [0.2, 0.25) is 0 Å². The van der Waals surface area contributed by atoms with Crippen LogP contribution in [0.1, 0.15) is 28.9 Å². The average Bonchev–Trinajstić information content (AvgIpc) is 3.15. The van der Waals surface area contributed by atoms with Crippen LogP contribution in [0.2, 0.25) is 0 Å². The summed E-state index contributed by atoms with van der Waals surface area (Å²) in [4.78, 5) is 22.1. The summed E-state index contributed by atoms with van der Waals surface area (Å²) in [6.45, 7) is 2.00. The van der Waals surface area contributed by atoms with Crippen LogP contribution < -0.4 is 0 Å². The maximum absolute atomic E-state index is 12.5. The van der Waals surface area contributed by atoms with Crippen molar-refractivity contribution in [3.63, 3.8) is 0 Å². The molecule has 0 saturated carbocycles. The number of rotatable bonds is 4. The number of aromatic nitrogens is 4. The maximum atomic E-state index is 12.5. The zero-order valence-electron chi connectivity index (χ0n) is 13.0. The van der Waals surface area contributed by atoms with Crippen LogP contribution in [-0.2, 0) is 0 Å². The summed E-state index contributed by atoms with van der Waals surface area (Å²) >= 11 is 0. The van der Waals surface area contributed by atoms with Crippen molar-refractivity contribution in [1.82, 2.24) is 24.6 Å². The minimum atomic E-state index is -0.0412. The number of carbonyl (C=O) groups is 1. The van der Waals surface area contributed by atoms with Gasteiger partial charge in [-0.3, -0.25) is 9.78 Å². The molecule has 0 unspecified atom stereocenters. The summed E-state index contributed by atoms with van der Waals surface area (Å²) in [7, 11) is 1.80. The molecule has 0 radical (unpaired) electrons. The summed E-state index contributed by atoms with van der Waals surface area (Å²) in [6, 6.07) is 11.3. The fourth-order valence-corrected chi connectivity index (χ4v) is 2.34. The van der Waals surface area contributed by atoms with Crippen molar-refractivity contribution in [1.29, 1.82) is 0 Å². The van der Waals surface area contributed by atoms with Gasteiger partial charge in [-0.05, 0) is 36.8 Å². The highest BCUT2D eigenvalue weighted by molar-refractivity contribution is 5.94. The Morgan fingerprint density at radius 3 is 2.39 bits per heavy atom. The minimum absolute atomic E-state index is 0.0275. The second-order valence-corrected chi connectivity index (χ2v) is 5.26. The predicted molar refractivity (Wildman–Crippen MR) is 86.1 cm³/mol. The highest BCUT2D eigenvalue weighted by Gasteiger charge is 2.18. The van der Waals surface area contributed by atoms with Crippen LogP contribution in [0.3, 0.4) is 0 Å². The first-order chi connectivity index (χ1) is 11.2. The molecule has 2 heterocycles. The highest BCUT2D eigenvalue weighted by atomic mass is 16.2. The normalized spacial score (nSPS) is 11.9. The smallest absolute Gasteiger partial charge is 0.254 e. The number of pyridine rings is 1. The van der Waals surface area contributed by atoms with E-state index in [9.17, 15) is 4.79 Å². The molecule has 23 heavy (non-hydrogen) atoms. The molecule has 6 nitrogen and oxygen atoms in total. The molecular formula is C17H17N5O. The first-order valence-corrected chi connectivity index (χ1v) is 7.29. The Kier molecular flexibility index (Phi) is 4.14. The van der Waals surface area contributed by atoms with Gasteiger partial charge in [-0.2, -0.15) is 5.10 Å². The van der Waals surface area contributed by atoms with Gasteiger partial charge in [-0.1, -0.05) is 12.1 Å². The summed E-state index contributed by atoms with van der Waals surface area (Å²) in [6.07, 6.45) is 6.40. The average molecular weight is 307 g/mol. The lowest BCUT2D eigenvalue weighted by Crippen LogP contribution is -2.29. The highest BCUT2D eigenvalue weighted by Crippen LogP contribution is 2.21. The van der Waals surface area contributed by atoms with Crippen LogP contribution in [0.15, 0.2) is 61.4 Å². The van der Waals surface area contributed by atoms with Crippen molar-refractivity contribution >= 4 is 5.91 Å². The Morgan fingerprint density at radius 2 is 1.78 bits per heavy atom. The lowest BCUT2D eigenvalue weighted by molar-refractivity contribution is 0.0742. The molecule has 2 aromatic heterocycles. The summed E-state index contributed by atoms with van der Waals surface area (Å²) in [5.41, 5.74) is 2.62. The lowest BCUT2D eigenvalue weighted by Gasteiger charge is -2.25. The molecule has 6 heteroatoms. The fourth-order valence-electron chi connectivity index (χ4n) is 2.34. The van der Waals surface area contributed by atoms with Gasteiger partial charge < -0.3 is 4.90 Å². The van der Waals surface area contributed by atoms with Gasteiger partial charge in [0.25, 0.3) is 5.91 Å². The Hall–Kier alpha value is -3.02. The van der Waals surface area contributed by atoms with Crippen LogP contribution in [0.25, 0.3) is 5.69 Å². The number of amides is 1. The third-order valence-electron chi connectivity index (χ3n) is 3.89. The van der Waals surface area contributed by atoms with Crippen LogP contribution in [0.4, 0.5) is 0 Å². The van der Waals surface area contributed by atoms with Crippen LogP contribution in [-0.4, -0.2) is 37.6 Å². The number of hydrogen-bond acceptors (Lipinski definition) is 4. The van der Waals surface area contributed by atoms with Crippen molar-refractivity contribution < 1.29 is 4.79 Å². The molecule has 116 valence electrons. The van der Waals surface area contributed by atoms with Crippen molar-refractivity contribution in [3.05, 3.63) is 72.6 Å². The van der Waals surface area contributed by atoms with E-state index >= 15 is 0 Å². The second-order valence-electron chi connectivity index (χ2n) is 5.26. The molecule has 0 aliphatic heterocycles. The maximum Gasteiger partial charge on any atom is 0.254 e. The van der Waals surface area contributed by atoms with E-state index in [0.717, 1.165) is 11.3 Å². The summed E-state index contributed by atoms with van der Waals surface area (Å²) in [5, 5.41) is 4.10. The van der Waals surface area contributed by atoms with E-state index in [1.807, 2.05) is 31.2 Å². The Labute approximate surface area is 134 Å². The summed E-state index contributed by atoms with van der Waals surface area (Å²) in [5.74, 6) is -0.0275. The number of nitrogens with zero attached hydrogens (tertiary/aromatic N) is 5. The zero-order chi connectivity index (χ0) is 16.2. The predicted octanol–water partition coefficient (Wildman–Crippen LogP) is 2.50. The van der Waals surface area contributed by atoms with Gasteiger partial charge in [0, 0.05) is 25.0 Å². The molecule has 0 fully saturated rings. The monoisotopic (exact) mass is 307 g/mol. The molecule has 3 aromatic rings. The lowest BCUT2D eigenvalue weighted by atomic mass is 10.1. The molecule has 1 amide bonds. The van der Waals surface area contributed by atoms with E-state index in [1.165, 1.54) is 6.33 Å². The quantitative estimate of drug-likeness (QED) is 0.743. The molecule has 1 atom stereocenters. The standard InChI is InChI=1S/C17H17N5O/c1-13(21(2)17(23)15-7-9-18-10-8-15)14-3-5-16(6-4-14)22-12-19-11-20-22/h3-13H,1-2H3/t13-/m1/s1. The van der Waals surface area contributed by atoms with E-state index in [2.05, 4.69) is 15.1 Å². The van der Waals surface area contributed by atoms with Gasteiger partial charge in [-0.15, -0.1) is 0 Å². The molecule has 3 rings (SSSR count). The Morgan fingerprint density at radius 1 is 1.09 bits per heavy atom. The molecule has 0 spiro atoms. The molecule has 1 aromatic carbocycles. The zero-order valence-corrected chi connectivity index (χ0v) is 13.0. The molecular weight excluding hydrogens is 290 g/mol. The fraction of sp³-hybridized carbons (Fsp3) is 0.176. The van der Waals surface area contributed by atoms with E-state index in [0.29, 0.717) is 5.56 Å². The van der Waals surface area contributed by atoms with Gasteiger partial charge in [-0.25, -0.2) is 9.67 Å². The molecule has 0 saturated heterocycles. The van der Waals surface area contributed by atoms with Crippen molar-refractivity contribution in [2.45, 2.75) is 13.0 Å². The number of benzene rings is 1. The molecule has 0 N–H and O–H groups in total. The van der Waals surface area contributed by atoms with Gasteiger partial charge in [0.05, 0.1) is 11.7 Å². The van der Waals surface area contributed by atoms with Crippen molar-refractivity contribution in [2.24, 2.45) is 0 Å².